The average molecular weight is 310 g/mol. The lowest BCUT2D eigenvalue weighted by atomic mass is 9.84. The van der Waals surface area contributed by atoms with Crippen LogP contribution in [-0.4, -0.2) is 26.1 Å². The molecule has 0 fully saturated rings. The van der Waals surface area contributed by atoms with E-state index in [1.807, 2.05) is 0 Å². The van der Waals surface area contributed by atoms with Gasteiger partial charge in [-0.05, 0) is 24.6 Å². The maximum absolute atomic E-state index is 12.0. The Morgan fingerprint density at radius 2 is 2.10 bits per heavy atom. The molecule has 1 aliphatic rings. The molecule has 1 aromatic carbocycles. The lowest BCUT2D eigenvalue weighted by molar-refractivity contribution is -0.136. The molecule has 1 N–H and O–H groups in total. The molecule has 0 bridgehead atoms. The summed E-state index contributed by atoms with van der Waals surface area (Å²) in [7, 11) is 2.83. The van der Waals surface area contributed by atoms with Crippen molar-refractivity contribution in [3.63, 3.8) is 0 Å². The normalized spacial score (nSPS) is 18.3. The number of esters is 1. The van der Waals surface area contributed by atoms with Crippen molar-refractivity contribution in [1.29, 1.82) is 0 Å². The van der Waals surface area contributed by atoms with Crippen molar-refractivity contribution in [2.45, 2.75) is 19.3 Å². The van der Waals surface area contributed by atoms with Gasteiger partial charge < -0.3 is 14.8 Å². The fraction of sp³-hybridized carbons (Fsp3) is 0.333. The second-order valence-corrected chi connectivity index (χ2v) is 5.14. The Morgan fingerprint density at radius 1 is 1.38 bits per heavy atom. The van der Waals surface area contributed by atoms with Gasteiger partial charge in [-0.25, -0.2) is 4.79 Å². The standard InChI is InChI=1S/C15H16ClNO4/c1-8-14(15(19)21-3)10(7-13(18)17-8)9-4-5-11(16)12(6-9)20-2/h4-6,10H,7H2,1-3H3,(H,17,18). The highest BCUT2D eigenvalue weighted by Gasteiger charge is 2.32. The maximum Gasteiger partial charge on any atom is 0.336 e. The average Bonchev–Trinajstić information content (AvgIpc) is 2.46. The summed E-state index contributed by atoms with van der Waals surface area (Å²) in [5, 5.41) is 3.14. The molecular formula is C15H16ClNO4. The maximum atomic E-state index is 12.0. The monoisotopic (exact) mass is 309 g/mol. The number of benzene rings is 1. The number of ether oxygens (including phenoxy) is 2. The molecule has 1 aliphatic heterocycles. The van der Waals surface area contributed by atoms with Crippen molar-refractivity contribution in [3.8, 4) is 5.75 Å². The first-order valence-corrected chi connectivity index (χ1v) is 6.78. The molecule has 5 nitrogen and oxygen atoms in total. The summed E-state index contributed by atoms with van der Waals surface area (Å²) in [6, 6.07) is 5.21. The summed E-state index contributed by atoms with van der Waals surface area (Å²) in [4.78, 5) is 23.8. The van der Waals surface area contributed by atoms with Crippen LogP contribution in [0, 0.1) is 0 Å². The van der Waals surface area contributed by atoms with Crippen molar-refractivity contribution >= 4 is 23.5 Å². The molecule has 2 rings (SSSR count). The molecule has 6 heteroatoms. The van der Waals surface area contributed by atoms with Gasteiger partial charge in [0, 0.05) is 18.0 Å². The number of hydrogen-bond donors (Lipinski definition) is 1. The van der Waals surface area contributed by atoms with Crippen LogP contribution in [0.4, 0.5) is 0 Å². The van der Waals surface area contributed by atoms with Crippen LogP contribution in [0.2, 0.25) is 5.02 Å². The smallest absolute Gasteiger partial charge is 0.336 e. The van der Waals surface area contributed by atoms with Gasteiger partial charge in [0.2, 0.25) is 5.91 Å². The van der Waals surface area contributed by atoms with Crippen molar-refractivity contribution in [2.75, 3.05) is 14.2 Å². The molecule has 21 heavy (non-hydrogen) atoms. The first-order chi connectivity index (χ1) is 9.97. The van der Waals surface area contributed by atoms with E-state index in [-0.39, 0.29) is 18.2 Å². The second kappa shape index (κ2) is 6.18. The van der Waals surface area contributed by atoms with E-state index in [4.69, 9.17) is 21.1 Å². The number of hydrogen-bond acceptors (Lipinski definition) is 4. The summed E-state index contributed by atoms with van der Waals surface area (Å²) in [6.45, 7) is 1.68. The van der Waals surface area contributed by atoms with Gasteiger partial charge in [0.15, 0.2) is 0 Å². The molecular weight excluding hydrogens is 294 g/mol. The minimum atomic E-state index is -0.452. The first kappa shape index (κ1) is 15.4. The Kier molecular flexibility index (Phi) is 4.53. The van der Waals surface area contributed by atoms with Gasteiger partial charge in [0.25, 0.3) is 0 Å². The van der Waals surface area contributed by atoms with Crippen LogP contribution in [0.15, 0.2) is 29.5 Å². The van der Waals surface area contributed by atoms with Crippen molar-refractivity contribution in [3.05, 3.63) is 40.1 Å². The van der Waals surface area contributed by atoms with Crippen LogP contribution in [0.5, 0.6) is 5.75 Å². The van der Waals surface area contributed by atoms with E-state index < -0.39 is 5.97 Å². The lowest BCUT2D eigenvalue weighted by Gasteiger charge is -2.26. The van der Waals surface area contributed by atoms with Gasteiger partial charge >= 0.3 is 5.97 Å². The number of nitrogens with one attached hydrogen (secondary N) is 1. The van der Waals surface area contributed by atoms with E-state index in [2.05, 4.69) is 5.32 Å². The predicted octanol–water partition coefficient (Wildman–Crippen LogP) is 2.40. The number of carbonyl (C=O) groups excluding carboxylic acids is 2. The number of carbonyl (C=O) groups is 2. The van der Waals surface area contributed by atoms with E-state index in [1.165, 1.54) is 14.2 Å². The number of amides is 1. The molecule has 0 saturated heterocycles. The predicted molar refractivity (Wildman–Crippen MR) is 78.2 cm³/mol. The Labute approximate surface area is 127 Å². The largest absolute Gasteiger partial charge is 0.495 e. The molecule has 1 unspecified atom stereocenters. The molecule has 0 saturated carbocycles. The molecule has 1 aromatic rings. The van der Waals surface area contributed by atoms with Gasteiger partial charge in [-0.15, -0.1) is 0 Å². The zero-order chi connectivity index (χ0) is 15.6. The highest BCUT2D eigenvalue weighted by molar-refractivity contribution is 6.32. The van der Waals surface area contributed by atoms with Gasteiger partial charge in [-0.2, -0.15) is 0 Å². The minimum Gasteiger partial charge on any atom is -0.495 e. The quantitative estimate of drug-likeness (QED) is 0.871. The summed E-state index contributed by atoms with van der Waals surface area (Å²) < 4.78 is 10.0. The number of halogens is 1. The number of rotatable bonds is 3. The van der Waals surface area contributed by atoms with Crippen LogP contribution in [0.3, 0.4) is 0 Å². The Hall–Kier alpha value is -2.01. The molecule has 0 spiro atoms. The van der Waals surface area contributed by atoms with Crippen LogP contribution in [-0.2, 0) is 14.3 Å². The van der Waals surface area contributed by atoms with Gasteiger partial charge in [-0.3, -0.25) is 4.79 Å². The SMILES string of the molecule is COC(=O)C1=C(C)NC(=O)CC1c1ccc(Cl)c(OC)c1. The second-order valence-electron chi connectivity index (χ2n) is 4.73. The van der Waals surface area contributed by atoms with E-state index in [0.29, 0.717) is 22.0 Å². The molecule has 0 radical (unpaired) electrons. The fourth-order valence-corrected chi connectivity index (χ4v) is 2.65. The van der Waals surface area contributed by atoms with E-state index in [0.717, 1.165) is 5.56 Å². The first-order valence-electron chi connectivity index (χ1n) is 6.40. The molecule has 112 valence electrons. The van der Waals surface area contributed by atoms with Crippen molar-refractivity contribution < 1.29 is 19.1 Å². The van der Waals surface area contributed by atoms with E-state index in [9.17, 15) is 9.59 Å². The molecule has 0 aliphatic carbocycles. The molecule has 1 heterocycles. The van der Waals surface area contributed by atoms with Crippen LogP contribution < -0.4 is 10.1 Å². The van der Waals surface area contributed by atoms with Gasteiger partial charge in [-0.1, -0.05) is 17.7 Å². The third-order valence-corrected chi connectivity index (χ3v) is 3.76. The van der Waals surface area contributed by atoms with Crippen LogP contribution in [0.1, 0.15) is 24.8 Å². The van der Waals surface area contributed by atoms with Gasteiger partial charge in [0.1, 0.15) is 5.75 Å². The topological polar surface area (TPSA) is 64.6 Å². The van der Waals surface area contributed by atoms with Crippen molar-refractivity contribution in [1.82, 2.24) is 5.32 Å². The van der Waals surface area contributed by atoms with E-state index in [1.54, 1.807) is 25.1 Å². The zero-order valence-electron chi connectivity index (χ0n) is 12.0. The third kappa shape index (κ3) is 3.03. The minimum absolute atomic E-state index is 0.140. The highest BCUT2D eigenvalue weighted by Crippen LogP contribution is 2.36. The molecule has 1 atom stereocenters. The molecule has 0 aromatic heterocycles. The van der Waals surface area contributed by atoms with Crippen LogP contribution in [0.25, 0.3) is 0 Å². The fourth-order valence-electron chi connectivity index (χ4n) is 2.46. The summed E-state index contributed by atoms with van der Waals surface area (Å²) in [6.07, 6.45) is 0.173. The Balaban J connectivity index is 2.51. The number of allylic oxidation sites excluding steroid dienone is 1. The highest BCUT2D eigenvalue weighted by atomic mass is 35.5. The van der Waals surface area contributed by atoms with Gasteiger partial charge in [0.05, 0.1) is 24.8 Å². The van der Waals surface area contributed by atoms with E-state index >= 15 is 0 Å². The Morgan fingerprint density at radius 3 is 2.71 bits per heavy atom. The Bertz CT molecular complexity index is 624. The van der Waals surface area contributed by atoms with Crippen molar-refractivity contribution in [2.24, 2.45) is 0 Å². The summed E-state index contributed by atoms with van der Waals surface area (Å²) in [5.41, 5.74) is 1.74. The summed E-state index contributed by atoms with van der Waals surface area (Å²) >= 11 is 6.01. The third-order valence-electron chi connectivity index (χ3n) is 3.45. The summed E-state index contributed by atoms with van der Waals surface area (Å²) in [5.74, 6) is -0.468. The lowest BCUT2D eigenvalue weighted by Crippen LogP contribution is -2.34. The molecule has 1 amide bonds. The number of methoxy groups -OCH3 is 2. The van der Waals surface area contributed by atoms with Crippen LogP contribution >= 0.6 is 11.6 Å². The zero-order valence-corrected chi connectivity index (χ0v) is 12.8.